The molecule has 0 amide bonds. The zero-order valence-electron chi connectivity index (χ0n) is 36.5. The van der Waals surface area contributed by atoms with Gasteiger partial charge < -0.3 is 9.32 Å². The summed E-state index contributed by atoms with van der Waals surface area (Å²) < 4.78 is 6.53. The Bertz CT molecular complexity index is 3050. The molecule has 2 nitrogen and oxygen atoms in total. The molecule has 7 aromatic carbocycles. The van der Waals surface area contributed by atoms with Gasteiger partial charge in [-0.3, -0.25) is 0 Å². The van der Waals surface area contributed by atoms with Crippen LogP contribution in [0.5, 0.6) is 0 Å². The summed E-state index contributed by atoms with van der Waals surface area (Å²) in [7, 11) is 0. The molecule has 0 N–H and O–H groups in total. The van der Waals surface area contributed by atoms with Crippen LogP contribution in [0.1, 0.15) is 79.4 Å². The molecule has 8 aromatic rings. The van der Waals surface area contributed by atoms with Crippen LogP contribution in [0.15, 0.2) is 179 Å². The highest BCUT2D eigenvalue weighted by molar-refractivity contribution is 6.14. The zero-order chi connectivity index (χ0) is 41.8. The first kappa shape index (κ1) is 38.1. The van der Waals surface area contributed by atoms with E-state index in [4.69, 9.17) is 4.42 Å². The number of para-hydroxylation sites is 2. The van der Waals surface area contributed by atoms with Gasteiger partial charge in [-0.15, -0.1) is 0 Å². The van der Waals surface area contributed by atoms with Gasteiger partial charge in [-0.1, -0.05) is 189 Å². The maximum atomic E-state index is 6.53. The Labute approximate surface area is 355 Å². The van der Waals surface area contributed by atoms with Gasteiger partial charge in [0.1, 0.15) is 11.2 Å². The lowest BCUT2D eigenvalue weighted by molar-refractivity contribution is 0.138. The quantitative estimate of drug-likeness (QED) is 0.173. The molecule has 0 saturated heterocycles. The van der Waals surface area contributed by atoms with Crippen LogP contribution in [-0.4, -0.2) is 0 Å². The number of nitrogens with zero attached hydrogens (tertiary/aromatic N) is 1. The first-order valence-corrected chi connectivity index (χ1v) is 21.6. The Kier molecular flexibility index (Phi) is 8.54. The van der Waals surface area contributed by atoms with Crippen LogP contribution < -0.4 is 4.90 Å². The molecule has 298 valence electrons. The van der Waals surface area contributed by atoms with Gasteiger partial charge in [0.25, 0.3) is 0 Å². The van der Waals surface area contributed by atoms with Crippen LogP contribution in [-0.2, 0) is 5.41 Å². The maximum Gasteiger partial charge on any atom is 0.137 e. The molecule has 0 fully saturated rings. The molecule has 0 saturated carbocycles. The number of rotatable bonds is 5. The maximum absolute atomic E-state index is 6.53. The van der Waals surface area contributed by atoms with E-state index >= 15 is 0 Å². The third-order valence-corrected chi connectivity index (χ3v) is 14.2. The molecule has 2 unspecified atom stereocenters. The van der Waals surface area contributed by atoms with E-state index in [0.29, 0.717) is 0 Å². The van der Waals surface area contributed by atoms with Crippen LogP contribution in [0.3, 0.4) is 0 Å². The molecule has 10 rings (SSSR count). The van der Waals surface area contributed by atoms with Crippen molar-refractivity contribution in [3.63, 3.8) is 0 Å². The summed E-state index contributed by atoms with van der Waals surface area (Å²) in [6.07, 6.45) is 5.21. The molecule has 1 heterocycles. The first-order chi connectivity index (χ1) is 28.6. The Morgan fingerprint density at radius 1 is 0.567 bits per heavy atom. The molecule has 0 aliphatic heterocycles. The fourth-order valence-corrected chi connectivity index (χ4v) is 10.3. The van der Waals surface area contributed by atoms with Gasteiger partial charge in [0.2, 0.25) is 0 Å². The van der Waals surface area contributed by atoms with Crippen molar-refractivity contribution in [1.29, 1.82) is 0 Å². The summed E-state index contributed by atoms with van der Waals surface area (Å²) in [5.74, 6) is 0.216. The van der Waals surface area contributed by atoms with Gasteiger partial charge in [-0.25, -0.2) is 0 Å². The highest BCUT2D eigenvalue weighted by Gasteiger charge is 2.55. The van der Waals surface area contributed by atoms with Gasteiger partial charge in [0.15, 0.2) is 0 Å². The highest BCUT2D eigenvalue weighted by atomic mass is 16.3. The van der Waals surface area contributed by atoms with E-state index in [2.05, 4.69) is 231 Å². The summed E-state index contributed by atoms with van der Waals surface area (Å²) in [5, 5.41) is 4.72. The number of benzene rings is 7. The molecule has 2 heteroatoms. The Morgan fingerprint density at radius 3 is 1.97 bits per heavy atom. The van der Waals surface area contributed by atoms with Crippen LogP contribution >= 0.6 is 0 Å². The summed E-state index contributed by atoms with van der Waals surface area (Å²) >= 11 is 0. The third kappa shape index (κ3) is 5.82. The van der Waals surface area contributed by atoms with E-state index in [1.807, 2.05) is 0 Å². The molecular weight excluding hydrogens is 727 g/mol. The number of furan rings is 1. The first-order valence-electron chi connectivity index (χ1n) is 21.6. The lowest BCUT2D eigenvalue weighted by Gasteiger charge is -2.50. The second-order valence-corrected chi connectivity index (χ2v) is 20.0. The van der Waals surface area contributed by atoms with E-state index in [0.717, 1.165) is 39.0 Å². The second kappa shape index (κ2) is 13.4. The van der Waals surface area contributed by atoms with Crippen molar-refractivity contribution in [2.24, 2.45) is 16.2 Å². The SMILES string of the molecule is CC(C)(C)C1=CC(C)(C(C)(C)C)C2C(=C1)C(C)(C)c1cccc(-c3ccccc3N(c3ccc(-c4ccc5ccccc5c4)cc3)c3cccc4oc5ccccc5c34)c12. The van der Waals surface area contributed by atoms with Crippen LogP contribution in [0, 0.1) is 16.2 Å². The molecule has 0 spiro atoms. The van der Waals surface area contributed by atoms with Gasteiger partial charge in [0, 0.05) is 33.4 Å². The summed E-state index contributed by atoms with van der Waals surface area (Å²) in [6.45, 7) is 21.8. The van der Waals surface area contributed by atoms with E-state index in [9.17, 15) is 0 Å². The van der Waals surface area contributed by atoms with Gasteiger partial charge >= 0.3 is 0 Å². The minimum absolute atomic E-state index is 0.00516. The van der Waals surface area contributed by atoms with Gasteiger partial charge in [-0.05, 0) is 97.5 Å². The monoisotopic (exact) mass is 781 g/mol. The topological polar surface area (TPSA) is 16.4 Å². The number of anilines is 3. The van der Waals surface area contributed by atoms with E-state index in [1.165, 1.54) is 55.3 Å². The zero-order valence-corrected chi connectivity index (χ0v) is 36.5. The fourth-order valence-electron chi connectivity index (χ4n) is 10.3. The second-order valence-electron chi connectivity index (χ2n) is 20.0. The molecule has 60 heavy (non-hydrogen) atoms. The number of hydrogen-bond acceptors (Lipinski definition) is 2. The van der Waals surface area contributed by atoms with E-state index in [1.54, 1.807) is 0 Å². The van der Waals surface area contributed by atoms with Gasteiger partial charge in [0.05, 0.1) is 16.8 Å². The predicted octanol–water partition coefficient (Wildman–Crippen LogP) is 16.9. The molecule has 0 bridgehead atoms. The van der Waals surface area contributed by atoms with Crippen molar-refractivity contribution < 1.29 is 4.42 Å². The molecule has 1 aromatic heterocycles. The van der Waals surface area contributed by atoms with Crippen LogP contribution in [0.25, 0.3) is 55.0 Å². The summed E-state index contributed by atoms with van der Waals surface area (Å²) in [6, 6.07) is 55.5. The molecular formula is C58H55NO. The van der Waals surface area contributed by atoms with E-state index in [-0.39, 0.29) is 27.6 Å². The van der Waals surface area contributed by atoms with Crippen molar-refractivity contribution >= 4 is 49.8 Å². The van der Waals surface area contributed by atoms with Crippen molar-refractivity contribution in [3.05, 3.63) is 186 Å². The fraction of sp³-hybridized carbons (Fsp3) is 0.241. The van der Waals surface area contributed by atoms with Crippen molar-refractivity contribution in [3.8, 4) is 22.3 Å². The molecule has 2 aliphatic carbocycles. The number of hydrogen-bond donors (Lipinski definition) is 0. The average Bonchev–Trinajstić information content (AvgIpc) is 3.73. The smallest absolute Gasteiger partial charge is 0.137 e. The number of fused-ring (bicyclic) bond motifs is 7. The molecule has 2 aliphatic rings. The molecule has 2 atom stereocenters. The largest absolute Gasteiger partial charge is 0.456 e. The lowest BCUT2D eigenvalue weighted by atomic mass is 9.54. The predicted molar refractivity (Wildman–Crippen MR) is 256 cm³/mol. The average molecular weight is 782 g/mol. The van der Waals surface area contributed by atoms with Crippen molar-refractivity contribution in [1.82, 2.24) is 0 Å². The third-order valence-electron chi connectivity index (χ3n) is 14.2. The molecule has 0 radical (unpaired) electrons. The van der Waals surface area contributed by atoms with E-state index < -0.39 is 0 Å². The normalized spacial score (nSPS) is 18.6. The Hall–Kier alpha value is -6.12. The summed E-state index contributed by atoms with van der Waals surface area (Å²) in [5.41, 5.74) is 15.6. The van der Waals surface area contributed by atoms with Crippen molar-refractivity contribution in [2.45, 2.75) is 73.6 Å². The van der Waals surface area contributed by atoms with Gasteiger partial charge in [-0.2, -0.15) is 0 Å². The summed E-state index contributed by atoms with van der Waals surface area (Å²) in [4.78, 5) is 2.47. The minimum atomic E-state index is -0.137. The Morgan fingerprint density at radius 2 is 1.20 bits per heavy atom. The standard InChI is InChI=1S/C58H55NO/c1-55(2,3)41-35-47-54(58(9,36-41)56(4,5)6)52-44(22-16-23-46(52)57(47,7)8)43-20-12-14-24-48(43)59(49-25-17-27-51-53(49)45-21-13-15-26-50(45)60-51)42-32-30-38(31-33-42)40-29-28-37-18-10-11-19-39(37)34-40/h10-36,54H,1-9H3. The number of allylic oxidation sites excluding steroid dienone is 4. The Balaban J connectivity index is 1.21. The lowest BCUT2D eigenvalue weighted by Crippen LogP contribution is -2.40. The minimum Gasteiger partial charge on any atom is -0.456 e. The van der Waals surface area contributed by atoms with Crippen LogP contribution in [0.2, 0.25) is 0 Å². The van der Waals surface area contributed by atoms with Crippen LogP contribution in [0.4, 0.5) is 17.1 Å². The highest BCUT2D eigenvalue weighted by Crippen LogP contribution is 2.67. The van der Waals surface area contributed by atoms with Crippen molar-refractivity contribution in [2.75, 3.05) is 4.90 Å².